The van der Waals surface area contributed by atoms with Crippen molar-refractivity contribution >= 4 is 0 Å². The maximum absolute atomic E-state index is 10.4. The third-order valence-corrected chi connectivity index (χ3v) is 7.29. The molecule has 21 heavy (non-hydrogen) atoms. The van der Waals surface area contributed by atoms with Crippen LogP contribution in [-0.4, -0.2) is 36.5 Å². The highest BCUT2D eigenvalue weighted by Gasteiger charge is 2.64. The first kappa shape index (κ1) is 14.5. The number of aliphatic hydroxyl groups is 1. The number of hydrogen-bond donors (Lipinski definition) is 2. The number of aliphatic hydroxyl groups excluding tert-OH is 1. The van der Waals surface area contributed by atoms with Crippen molar-refractivity contribution in [1.82, 2.24) is 5.32 Å². The summed E-state index contributed by atoms with van der Waals surface area (Å²) < 4.78 is 6.07. The fourth-order valence-electron chi connectivity index (χ4n) is 5.94. The van der Waals surface area contributed by atoms with E-state index >= 15 is 0 Å². The second-order valence-corrected chi connectivity index (χ2v) is 8.46. The monoisotopic (exact) mass is 293 g/mol. The molecular weight excluding hydrogens is 262 g/mol. The Morgan fingerprint density at radius 2 is 1.86 bits per heavy atom. The molecule has 3 saturated carbocycles. The van der Waals surface area contributed by atoms with E-state index in [9.17, 15) is 5.11 Å². The molecule has 1 aliphatic heterocycles. The van der Waals surface area contributed by atoms with Gasteiger partial charge in [-0.25, -0.2) is 0 Å². The van der Waals surface area contributed by atoms with Gasteiger partial charge in [-0.3, -0.25) is 0 Å². The number of fused-ring (bicyclic) bond motifs is 2. The molecule has 3 nitrogen and oxygen atoms in total. The van der Waals surface area contributed by atoms with Gasteiger partial charge in [-0.2, -0.15) is 0 Å². The van der Waals surface area contributed by atoms with Gasteiger partial charge in [-0.1, -0.05) is 32.6 Å². The normalized spacial score (nSPS) is 48.3. The van der Waals surface area contributed by atoms with Crippen LogP contribution < -0.4 is 5.32 Å². The zero-order valence-corrected chi connectivity index (χ0v) is 13.4. The molecule has 5 atom stereocenters. The first-order chi connectivity index (χ1) is 10.2. The molecular formula is C18H31NO2. The molecule has 0 bridgehead atoms. The topological polar surface area (TPSA) is 41.5 Å². The molecule has 1 spiro atoms. The number of ether oxygens (including phenoxy) is 1. The smallest absolute Gasteiger partial charge is 0.0690 e. The van der Waals surface area contributed by atoms with Crippen molar-refractivity contribution in [2.24, 2.45) is 16.7 Å². The van der Waals surface area contributed by atoms with Gasteiger partial charge in [-0.15, -0.1) is 0 Å². The highest BCUT2D eigenvalue weighted by molar-refractivity contribution is 5.17. The summed E-state index contributed by atoms with van der Waals surface area (Å²) in [6.45, 7) is 4.24. The van der Waals surface area contributed by atoms with Gasteiger partial charge >= 0.3 is 0 Å². The predicted molar refractivity (Wildman–Crippen MR) is 83.1 cm³/mol. The Hall–Kier alpha value is -0.120. The first-order valence-corrected chi connectivity index (χ1v) is 9.19. The zero-order valence-electron chi connectivity index (χ0n) is 13.4. The van der Waals surface area contributed by atoms with Gasteiger partial charge in [-0.05, 0) is 32.1 Å². The van der Waals surface area contributed by atoms with Crippen LogP contribution in [0.1, 0.15) is 64.7 Å². The number of hydrogen-bond acceptors (Lipinski definition) is 3. The van der Waals surface area contributed by atoms with Crippen LogP contribution in [0.5, 0.6) is 0 Å². The van der Waals surface area contributed by atoms with Crippen molar-refractivity contribution in [1.29, 1.82) is 0 Å². The quantitative estimate of drug-likeness (QED) is 0.841. The molecule has 3 aliphatic carbocycles. The van der Waals surface area contributed by atoms with E-state index in [1.54, 1.807) is 0 Å². The summed E-state index contributed by atoms with van der Waals surface area (Å²) in [6.07, 6.45) is 11.8. The molecule has 0 aromatic rings. The average molecular weight is 293 g/mol. The van der Waals surface area contributed by atoms with Crippen LogP contribution in [0.15, 0.2) is 0 Å². The molecule has 4 rings (SSSR count). The fourth-order valence-corrected chi connectivity index (χ4v) is 5.94. The molecule has 0 radical (unpaired) electrons. The van der Waals surface area contributed by atoms with Crippen molar-refractivity contribution in [3.8, 4) is 0 Å². The minimum Gasteiger partial charge on any atom is -0.393 e. The van der Waals surface area contributed by atoms with Gasteiger partial charge in [0, 0.05) is 35.9 Å². The summed E-state index contributed by atoms with van der Waals surface area (Å²) in [7, 11) is 0. The van der Waals surface area contributed by atoms with Gasteiger partial charge in [0.2, 0.25) is 0 Å². The largest absolute Gasteiger partial charge is 0.393 e. The first-order valence-electron chi connectivity index (χ1n) is 9.19. The van der Waals surface area contributed by atoms with Crippen molar-refractivity contribution in [2.75, 3.05) is 13.2 Å². The Labute approximate surface area is 128 Å². The van der Waals surface area contributed by atoms with E-state index < -0.39 is 0 Å². The summed E-state index contributed by atoms with van der Waals surface area (Å²) in [6, 6.07) is 0.651. The van der Waals surface area contributed by atoms with Gasteiger partial charge in [0.05, 0.1) is 12.2 Å². The highest BCUT2D eigenvalue weighted by Crippen LogP contribution is 2.60. The Kier molecular flexibility index (Phi) is 3.59. The predicted octanol–water partition coefficient (Wildman–Crippen LogP) is 2.86. The second kappa shape index (κ2) is 5.21. The lowest BCUT2D eigenvalue weighted by molar-refractivity contribution is -0.134. The van der Waals surface area contributed by atoms with E-state index in [0.717, 1.165) is 25.5 Å². The molecule has 5 unspecified atom stereocenters. The van der Waals surface area contributed by atoms with E-state index in [1.165, 1.54) is 51.4 Å². The summed E-state index contributed by atoms with van der Waals surface area (Å²) in [5.74, 6) is 0.743. The number of nitrogens with one attached hydrogen (secondary N) is 1. The van der Waals surface area contributed by atoms with Crippen molar-refractivity contribution in [3.05, 3.63) is 0 Å². The third-order valence-electron chi connectivity index (χ3n) is 7.29. The standard InChI is InChI=1S/C18H31NO2/c1-17(8-3-2-6-14(17)20)12-19-15-13-7-11-21-16(13)18(15)9-4-5-10-18/h13-16,19-20H,2-12H2,1H3. The van der Waals surface area contributed by atoms with E-state index in [2.05, 4.69) is 12.2 Å². The SMILES string of the molecule is CC1(CNC2C3CCOC3C23CCCC3)CCCCC1O. The average Bonchev–Trinajstić information content (AvgIpc) is 3.10. The van der Waals surface area contributed by atoms with Crippen molar-refractivity contribution in [3.63, 3.8) is 0 Å². The lowest BCUT2D eigenvalue weighted by atomic mass is 9.54. The maximum Gasteiger partial charge on any atom is 0.0690 e. The Balaban J connectivity index is 1.44. The summed E-state index contributed by atoms with van der Waals surface area (Å²) >= 11 is 0. The minimum absolute atomic E-state index is 0.0859. The van der Waals surface area contributed by atoms with Gasteiger partial charge in [0.1, 0.15) is 0 Å². The van der Waals surface area contributed by atoms with Crippen molar-refractivity contribution in [2.45, 2.75) is 83.0 Å². The molecule has 4 aliphatic rings. The van der Waals surface area contributed by atoms with E-state index in [-0.39, 0.29) is 11.5 Å². The Morgan fingerprint density at radius 1 is 1.10 bits per heavy atom. The van der Waals surface area contributed by atoms with Gasteiger partial charge in [0.25, 0.3) is 0 Å². The Morgan fingerprint density at radius 3 is 2.62 bits per heavy atom. The highest BCUT2D eigenvalue weighted by atomic mass is 16.5. The lowest BCUT2D eigenvalue weighted by Crippen LogP contribution is -2.68. The zero-order chi connectivity index (χ0) is 14.5. The van der Waals surface area contributed by atoms with E-state index in [1.807, 2.05) is 0 Å². The summed E-state index contributed by atoms with van der Waals surface area (Å²) in [5.41, 5.74) is 0.528. The van der Waals surface area contributed by atoms with Crippen LogP contribution in [0.25, 0.3) is 0 Å². The molecule has 2 N–H and O–H groups in total. The van der Waals surface area contributed by atoms with Gasteiger partial charge < -0.3 is 15.2 Å². The van der Waals surface area contributed by atoms with Crippen LogP contribution >= 0.6 is 0 Å². The van der Waals surface area contributed by atoms with Crippen LogP contribution in [0, 0.1) is 16.7 Å². The molecule has 120 valence electrons. The van der Waals surface area contributed by atoms with E-state index in [4.69, 9.17) is 4.74 Å². The molecule has 3 heteroatoms. The fraction of sp³-hybridized carbons (Fsp3) is 1.00. The molecule has 4 fully saturated rings. The van der Waals surface area contributed by atoms with Crippen LogP contribution in [0.3, 0.4) is 0 Å². The third kappa shape index (κ3) is 2.11. The Bertz CT molecular complexity index is 393. The molecule has 0 aromatic carbocycles. The molecule has 0 aromatic heterocycles. The van der Waals surface area contributed by atoms with Gasteiger partial charge in [0.15, 0.2) is 0 Å². The molecule has 0 amide bonds. The van der Waals surface area contributed by atoms with Crippen molar-refractivity contribution < 1.29 is 9.84 Å². The molecule has 1 heterocycles. The van der Waals surface area contributed by atoms with Crippen LogP contribution in [0.2, 0.25) is 0 Å². The number of rotatable bonds is 3. The summed E-state index contributed by atoms with van der Waals surface area (Å²) in [4.78, 5) is 0. The maximum atomic E-state index is 10.4. The van der Waals surface area contributed by atoms with Crippen LogP contribution in [-0.2, 0) is 4.74 Å². The minimum atomic E-state index is -0.117. The van der Waals surface area contributed by atoms with Crippen LogP contribution in [0.4, 0.5) is 0 Å². The lowest BCUT2D eigenvalue weighted by Gasteiger charge is -2.58. The second-order valence-electron chi connectivity index (χ2n) is 8.46. The van der Waals surface area contributed by atoms with E-state index in [0.29, 0.717) is 17.6 Å². The molecule has 1 saturated heterocycles. The summed E-state index contributed by atoms with van der Waals surface area (Å²) in [5, 5.41) is 14.3.